The van der Waals surface area contributed by atoms with Crippen LogP contribution in [0.25, 0.3) is 0 Å². The molecular formula is C11H14N2O. The van der Waals surface area contributed by atoms with Crippen LogP contribution in [0.15, 0.2) is 18.3 Å². The number of aromatic nitrogens is 1. The standard InChI is InChI=1S/C11H14N2O/c1-12-8-4-3-5-10-6-7-11(14-2)13-9-10/h6-7,9,12H,4,8H2,1-2H3. The quantitative estimate of drug-likeness (QED) is 0.571. The third-order valence-corrected chi connectivity index (χ3v) is 1.68. The SMILES string of the molecule is CNCCC#Cc1ccc(OC)nc1. The normalized spacial score (nSPS) is 9.00. The van der Waals surface area contributed by atoms with Gasteiger partial charge in [-0.1, -0.05) is 11.8 Å². The summed E-state index contributed by atoms with van der Waals surface area (Å²) in [5, 5.41) is 3.03. The van der Waals surface area contributed by atoms with Crippen LogP contribution in [0.1, 0.15) is 12.0 Å². The van der Waals surface area contributed by atoms with Gasteiger partial charge in [0.1, 0.15) is 0 Å². The second kappa shape index (κ2) is 6.01. The van der Waals surface area contributed by atoms with E-state index in [4.69, 9.17) is 4.74 Å². The maximum absolute atomic E-state index is 4.94. The highest BCUT2D eigenvalue weighted by Crippen LogP contribution is 2.04. The molecule has 0 amide bonds. The van der Waals surface area contributed by atoms with E-state index in [1.54, 1.807) is 13.3 Å². The first-order valence-electron chi connectivity index (χ1n) is 4.50. The number of hydrogen-bond acceptors (Lipinski definition) is 3. The molecule has 3 heteroatoms. The predicted molar refractivity (Wildman–Crippen MR) is 56.2 cm³/mol. The number of ether oxygens (including phenoxy) is 1. The first-order valence-corrected chi connectivity index (χ1v) is 4.50. The summed E-state index contributed by atoms with van der Waals surface area (Å²) in [4.78, 5) is 4.06. The number of nitrogens with one attached hydrogen (secondary N) is 1. The molecule has 1 N–H and O–H groups in total. The number of methoxy groups -OCH3 is 1. The van der Waals surface area contributed by atoms with Crippen molar-refractivity contribution < 1.29 is 4.74 Å². The molecule has 0 aliphatic heterocycles. The van der Waals surface area contributed by atoms with Crippen molar-refractivity contribution in [3.05, 3.63) is 23.9 Å². The Morgan fingerprint density at radius 1 is 1.50 bits per heavy atom. The maximum Gasteiger partial charge on any atom is 0.212 e. The zero-order valence-corrected chi connectivity index (χ0v) is 8.50. The Labute approximate surface area is 84.5 Å². The van der Waals surface area contributed by atoms with Crippen LogP contribution in [0.2, 0.25) is 0 Å². The maximum atomic E-state index is 4.94. The average molecular weight is 190 g/mol. The van der Waals surface area contributed by atoms with E-state index in [0.717, 1.165) is 18.5 Å². The van der Waals surface area contributed by atoms with Gasteiger partial charge in [-0.3, -0.25) is 0 Å². The van der Waals surface area contributed by atoms with Crippen molar-refractivity contribution in [1.29, 1.82) is 0 Å². The minimum absolute atomic E-state index is 0.616. The minimum atomic E-state index is 0.616. The highest BCUT2D eigenvalue weighted by atomic mass is 16.5. The Morgan fingerprint density at radius 3 is 2.93 bits per heavy atom. The lowest BCUT2D eigenvalue weighted by molar-refractivity contribution is 0.398. The molecule has 0 aliphatic rings. The van der Waals surface area contributed by atoms with E-state index >= 15 is 0 Å². The van der Waals surface area contributed by atoms with Gasteiger partial charge in [0.05, 0.1) is 7.11 Å². The number of nitrogens with zero attached hydrogens (tertiary/aromatic N) is 1. The summed E-state index contributed by atoms with van der Waals surface area (Å²) in [7, 11) is 3.51. The summed E-state index contributed by atoms with van der Waals surface area (Å²) in [6.45, 7) is 0.913. The number of rotatable bonds is 3. The molecule has 1 rings (SSSR count). The van der Waals surface area contributed by atoms with Gasteiger partial charge in [-0.2, -0.15) is 0 Å². The van der Waals surface area contributed by atoms with Gasteiger partial charge in [-0.15, -0.1) is 0 Å². The van der Waals surface area contributed by atoms with E-state index < -0.39 is 0 Å². The topological polar surface area (TPSA) is 34.1 Å². The molecule has 0 fully saturated rings. The van der Waals surface area contributed by atoms with Crippen molar-refractivity contribution in [2.24, 2.45) is 0 Å². The van der Waals surface area contributed by atoms with Crippen molar-refractivity contribution in [1.82, 2.24) is 10.3 Å². The second-order valence-electron chi connectivity index (χ2n) is 2.74. The Kier molecular flexibility index (Phi) is 4.53. The largest absolute Gasteiger partial charge is 0.481 e. The first kappa shape index (κ1) is 10.6. The fraction of sp³-hybridized carbons (Fsp3) is 0.364. The Balaban J connectivity index is 2.53. The molecule has 0 saturated heterocycles. The second-order valence-corrected chi connectivity index (χ2v) is 2.74. The van der Waals surface area contributed by atoms with E-state index in [2.05, 4.69) is 22.1 Å². The van der Waals surface area contributed by atoms with Gasteiger partial charge in [-0.05, 0) is 13.1 Å². The highest BCUT2D eigenvalue weighted by Gasteiger charge is 1.90. The zero-order chi connectivity index (χ0) is 10.2. The molecule has 0 spiro atoms. The average Bonchev–Trinajstić information content (AvgIpc) is 2.25. The van der Waals surface area contributed by atoms with Gasteiger partial charge in [0.2, 0.25) is 5.88 Å². The molecule has 0 bridgehead atoms. The third-order valence-electron chi connectivity index (χ3n) is 1.68. The van der Waals surface area contributed by atoms with E-state index in [9.17, 15) is 0 Å². The summed E-state index contributed by atoms with van der Waals surface area (Å²) >= 11 is 0. The number of hydrogen-bond donors (Lipinski definition) is 1. The van der Waals surface area contributed by atoms with Crippen molar-refractivity contribution in [2.75, 3.05) is 20.7 Å². The Bertz CT molecular complexity index is 321. The Hall–Kier alpha value is -1.53. The number of pyridine rings is 1. The van der Waals surface area contributed by atoms with Crippen molar-refractivity contribution in [2.45, 2.75) is 6.42 Å². The highest BCUT2D eigenvalue weighted by molar-refractivity contribution is 5.33. The molecule has 1 aromatic heterocycles. The summed E-state index contributed by atoms with van der Waals surface area (Å²) in [6, 6.07) is 3.71. The molecule has 3 nitrogen and oxygen atoms in total. The van der Waals surface area contributed by atoms with Gasteiger partial charge in [-0.25, -0.2) is 4.98 Å². The molecule has 0 aliphatic carbocycles. The van der Waals surface area contributed by atoms with Crippen LogP contribution in [0, 0.1) is 11.8 Å². The molecule has 0 radical (unpaired) electrons. The van der Waals surface area contributed by atoms with Gasteiger partial charge >= 0.3 is 0 Å². The predicted octanol–water partition coefficient (Wildman–Crippen LogP) is 1.05. The lowest BCUT2D eigenvalue weighted by Gasteiger charge is -1.96. The molecule has 0 unspecified atom stereocenters. The van der Waals surface area contributed by atoms with Gasteiger partial charge in [0.15, 0.2) is 0 Å². The lowest BCUT2D eigenvalue weighted by atomic mass is 10.3. The van der Waals surface area contributed by atoms with Crippen LogP contribution in [0.3, 0.4) is 0 Å². The van der Waals surface area contributed by atoms with Gasteiger partial charge < -0.3 is 10.1 Å². The molecule has 74 valence electrons. The molecule has 0 aromatic carbocycles. The van der Waals surface area contributed by atoms with Crippen LogP contribution in [0.4, 0.5) is 0 Å². The summed E-state index contributed by atoms with van der Waals surface area (Å²) in [5.74, 6) is 6.69. The smallest absolute Gasteiger partial charge is 0.212 e. The van der Waals surface area contributed by atoms with Crippen LogP contribution >= 0.6 is 0 Å². The van der Waals surface area contributed by atoms with E-state index in [0.29, 0.717) is 5.88 Å². The van der Waals surface area contributed by atoms with Gasteiger partial charge in [0, 0.05) is 30.8 Å². The molecule has 1 aromatic rings. The van der Waals surface area contributed by atoms with Crippen molar-refractivity contribution in [3.8, 4) is 17.7 Å². The zero-order valence-electron chi connectivity index (χ0n) is 8.50. The van der Waals surface area contributed by atoms with E-state index in [-0.39, 0.29) is 0 Å². The Morgan fingerprint density at radius 2 is 2.36 bits per heavy atom. The van der Waals surface area contributed by atoms with Gasteiger partial charge in [0.25, 0.3) is 0 Å². The monoisotopic (exact) mass is 190 g/mol. The molecule has 14 heavy (non-hydrogen) atoms. The third kappa shape index (κ3) is 3.46. The van der Waals surface area contributed by atoms with Crippen LogP contribution in [0.5, 0.6) is 5.88 Å². The molecule has 1 heterocycles. The fourth-order valence-electron chi connectivity index (χ4n) is 0.927. The summed E-state index contributed by atoms with van der Waals surface area (Å²) in [6.07, 6.45) is 2.56. The molecular weight excluding hydrogens is 176 g/mol. The van der Waals surface area contributed by atoms with Crippen LogP contribution < -0.4 is 10.1 Å². The van der Waals surface area contributed by atoms with Crippen LogP contribution in [-0.2, 0) is 0 Å². The summed E-state index contributed by atoms with van der Waals surface area (Å²) < 4.78 is 4.94. The van der Waals surface area contributed by atoms with Crippen LogP contribution in [-0.4, -0.2) is 25.7 Å². The molecule has 0 saturated carbocycles. The fourth-order valence-corrected chi connectivity index (χ4v) is 0.927. The van der Waals surface area contributed by atoms with E-state index in [1.807, 2.05) is 19.2 Å². The minimum Gasteiger partial charge on any atom is -0.481 e. The first-order chi connectivity index (χ1) is 6.86. The van der Waals surface area contributed by atoms with Crippen molar-refractivity contribution >= 4 is 0 Å². The lowest BCUT2D eigenvalue weighted by Crippen LogP contribution is -2.05. The summed E-state index contributed by atoms with van der Waals surface area (Å²) in [5.41, 5.74) is 0.918. The van der Waals surface area contributed by atoms with Crippen molar-refractivity contribution in [3.63, 3.8) is 0 Å². The molecule has 0 atom stereocenters. The van der Waals surface area contributed by atoms with E-state index in [1.165, 1.54) is 0 Å².